The maximum atomic E-state index is 13.5. The number of amides is 1. The average molecular weight is 549 g/mol. The van der Waals surface area contributed by atoms with Crippen LogP contribution in [0.15, 0.2) is 42.0 Å². The van der Waals surface area contributed by atoms with E-state index in [4.69, 9.17) is 4.74 Å². The van der Waals surface area contributed by atoms with Gasteiger partial charge in [0, 0.05) is 28.7 Å². The predicted molar refractivity (Wildman–Crippen MR) is 147 cm³/mol. The van der Waals surface area contributed by atoms with Crippen molar-refractivity contribution < 1.29 is 27.5 Å². The molecule has 0 spiro atoms. The van der Waals surface area contributed by atoms with Crippen LogP contribution in [-0.2, 0) is 31.2 Å². The first-order chi connectivity index (χ1) is 18.1. The normalized spacial score (nSPS) is 15.6. The van der Waals surface area contributed by atoms with Gasteiger partial charge in [-0.05, 0) is 86.2 Å². The van der Waals surface area contributed by atoms with Gasteiger partial charge in [0.2, 0.25) is 0 Å². The molecule has 4 rings (SSSR count). The molecule has 0 saturated carbocycles. The van der Waals surface area contributed by atoms with Crippen LogP contribution in [0.3, 0.4) is 0 Å². The summed E-state index contributed by atoms with van der Waals surface area (Å²) in [5, 5.41) is 12.0. The maximum Gasteiger partial charge on any atom is 0.321 e. The number of benzene rings is 2. The molecule has 204 valence electrons. The molecule has 8 nitrogen and oxygen atoms in total. The number of fused-ring (bicyclic) bond motifs is 3. The molecule has 0 fully saturated rings. The van der Waals surface area contributed by atoms with Crippen molar-refractivity contribution in [2.75, 3.05) is 18.1 Å². The first-order valence-corrected chi connectivity index (χ1v) is 14.6. The van der Waals surface area contributed by atoms with Crippen molar-refractivity contribution in [3.63, 3.8) is 0 Å². The summed E-state index contributed by atoms with van der Waals surface area (Å²) in [5.74, 6) is -2.23. The molecule has 0 unspecified atom stereocenters. The van der Waals surface area contributed by atoms with Gasteiger partial charge in [-0.3, -0.25) is 14.4 Å². The summed E-state index contributed by atoms with van der Waals surface area (Å²) in [6.45, 7) is 9.16. The molecule has 1 N–H and O–H groups in total. The number of hydrogen-bond donors (Lipinski definition) is 1. The Kier molecular flexibility index (Phi) is 7.30. The minimum atomic E-state index is -3.67. The number of nitrogens with zero attached hydrogens (tertiary/aromatic N) is 1. The van der Waals surface area contributed by atoms with E-state index in [1.165, 1.54) is 0 Å². The van der Waals surface area contributed by atoms with E-state index in [0.29, 0.717) is 28.7 Å². The third kappa shape index (κ3) is 5.81. The molecule has 1 amide bonds. The highest BCUT2D eigenvalue weighted by atomic mass is 32.2. The number of esters is 1. The van der Waals surface area contributed by atoms with Gasteiger partial charge in [0.1, 0.15) is 11.4 Å². The van der Waals surface area contributed by atoms with Crippen LogP contribution in [0.4, 0.5) is 0 Å². The fraction of sp³-hybridized carbons (Fsp3) is 0.400. The average Bonchev–Trinajstić information content (AvgIpc) is 3.23. The van der Waals surface area contributed by atoms with Gasteiger partial charge in [-0.1, -0.05) is 19.9 Å². The smallest absolute Gasteiger partial charge is 0.321 e. The molecule has 0 atom stereocenters. The van der Waals surface area contributed by atoms with Crippen LogP contribution < -0.4 is 5.32 Å². The number of ether oxygens (including phenoxy) is 1. The minimum absolute atomic E-state index is 0.0927. The second-order valence-corrected chi connectivity index (χ2v) is 13.7. The van der Waals surface area contributed by atoms with Crippen LogP contribution in [0.2, 0.25) is 0 Å². The van der Waals surface area contributed by atoms with Crippen LogP contribution >= 0.6 is 0 Å². The van der Waals surface area contributed by atoms with Crippen LogP contribution in [0, 0.1) is 11.3 Å². The molecule has 2 aliphatic rings. The quantitative estimate of drug-likeness (QED) is 0.410. The van der Waals surface area contributed by atoms with E-state index in [1.54, 1.807) is 45.0 Å². The Morgan fingerprint density at radius 3 is 2.46 bits per heavy atom. The molecule has 0 heterocycles. The number of hydrogen-bond acceptors (Lipinski definition) is 7. The van der Waals surface area contributed by atoms with Crippen LogP contribution in [0.1, 0.15) is 84.0 Å². The number of nitrogens with one attached hydrogen (secondary N) is 1. The van der Waals surface area contributed by atoms with E-state index in [-0.39, 0.29) is 30.4 Å². The Morgan fingerprint density at radius 1 is 1.10 bits per heavy atom. The number of sulfone groups is 1. The Balaban J connectivity index is 1.43. The Hall–Kier alpha value is -3.77. The minimum Gasteiger partial charge on any atom is -0.459 e. The van der Waals surface area contributed by atoms with Gasteiger partial charge < -0.3 is 10.1 Å². The van der Waals surface area contributed by atoms with E-state index in [9.17, 15) is 28.1 Å². The lowest BCUT2D eigenvalue weighted by molar-refractivity contribution is -0.151. The summed E-state index contributed by atoms with van der Waals surface area (Å²) in [6, 6.07) is 12.5. The van der Waals surface area contributed by atoms with Crippen LogP contribution in [0.5, 0.6) is 0 Å². The highest BCUT2D eigenvalue weighted by Crippen LogP contribution is 2.50. The molecule has 39 heavy (non-hydrogen) atoms. The van der Waals surface area contributed by atoms with Gasteiger partial charge in [-0.15, -0.1) is 0 Å². The van der Waals surface area contributed by atoms with Gasteiger partial charge in [0.05, 0.1) is 17.4 Å². The largest absolute Gasteiger partial charge is 0.459 e. The second-order valence-electron chi connectivity index (χ2n) is 11.5. The van der Waals surface area contributed by atoms with Gasteiger partial charge >= 0.3 is 5.97 Å². The molecule has 2 aliphatic carbocycles. The van der Waals surface area contributed by atoms with Gasteiger partial charge in [0.15, 0.2) is 15.6 Å². The van der Waals surface area contributed by atoms with Crippen molar-refractivity contribution in [3.05, 3.63) is 75.4 Å². The molecule has 2 aromatic rings. The summed E-state index contributed by atoms with van der Waals surface area (Å²) < 4.78 is 29.6. The van der Waals surface area contributed by atoms with Crippen molar-refractivity contribution in [3.8, 4) is 6.07 Å². The van der Waals surface area contributed by atoms with E-state index in [1.807, 2.05) is 26.0 Å². The molecule has 0 aliphatic heterocycles. The van der Waals surface area contributed by atoms with Crippen LogP contribution in [0.25, 0.3) is 5.57 Å². The van der Waals surface area contributed by atoms with E-state index in [2.05, 4.69) is 11.4 Å². The third-order valence-electron chi connectivity index (χ3n) is 7.03. The number of carbonyl (C=O) groups excluding carboxylic acids is 3. The molecule has 0 saturated heterocycles. The SMILES string of the molecule is CC(C)(C)OC(=O)CS(=O)(=O)CCCNC(=O)c1ccc2c(c1)C(C)(C)C1=C(C2=O)c2ccc(C#N)cc2C1. The summed E-state index contributed by atoms with van der Waals surface area (Å²) in [5.41, 5.74) is 4.39. The van der Waals surface area contributed by atoms with Crippen LogP contribution in [-0.4, -0.2) is 49.7 Å². The predicted octanol–water partition coefficient (Wildman–Crippen LogP) is 3.92. The summed E-state index contributed by atoms with van der Waals surface area (Å²) >= 11 is 0. The molecule has 2 aromatic carbocycles. The number of rotatable bonds is 7. The zero-order valence-electron chi connectivity index (χ0n) is 22.8. The lowest BCUT2D eigenvalue weighted by Gasteiger charge is -2.34. The molecular formula is C30H32N2O6S. The van der Waals surface area contributed by atoms with Crippen molar-refractivity contribution >= 4 is 33.1 Å². The number of ketones is 1. The number of carbonyl (C=O) groups is 3. The van der Waals surface area contributed by atoms with Crippen molar-refractivity contribution in [1.82, 2.24) is 5.32 Å². The third-order valence-corrected chi connectivity index (χ3v) is 8.62. The van der Waals surface area contributed by atoms with Gasteiger partial charge in [-0.25, -0.2) is 8.42 Å². The zero-order valence-corrected chi connectivity index (χ0v) is 23.6. The van der Waals surface area contributed by atoms with Crippen molar-refractivity contribution in [2.24, 2.45) is 0 Å². The maximum absolute atomic E-state index is 13.5. The zero-order chi connectivity index (χ0) is 28.8. The van der Waals surface area contributed by atoms with Gasteiger partial charge in [-0.2, -0.15) is 5.26 Å². The van der Waals surface area contributed by atoms with E-state index < -0.39 is 32.6 Å². The monoisotopic (exact) mass is 548 g/mol. The number of Topliss-reactive ketones (excluding diaryl/α,β-unsaturated/α-hetero) is 1. The standard InChI is InChI=1S/C30H32N2O6S/c1-29(2,3)38-25(33)17-39(36,37)12-6-11-32-28(35)19-8-10-22-23(14-19)30(4,5)24-15-20-13-18(16-31)7-9-21(20)26(24)27(22)34/h7-10,13-14H,6,11-12,15,17H2,1-5H3,(H,32,35). The Morgan fingerprint density at radius 2 is 1.79 bits per heavy atom. The molecule has 0 aromatic heterocycles. The number of allylic oxidation sites excluding steroid dienone is 2. The van der Waals surface area contributed by atoms with E-state index >= 15 is 0 Å². The molecule has 0 bridgehead atoms. The summed E-state index contributed by atoms with van der Waals surface area (Å²) in [7, 11) is -3.67. The lowest BCUT2D eigenvalue weighted by Crippen LogP contribution is -2.32. The fourth-order valence-electron chi connectivity index (χ4n) is 5.20. The first kappa shape index (κ1) is 28.2. The van der Waals surface area contributed by atoms with Gasteiger partial charge in [0.25, 0.3) is 5.91 Å². The molecule has 9 heteroatoms. The second kappa shape index (κ2) is 10.1. The fourth-order valence-corrected chi connectivity index (χ4v) is 6.35. The lowest BCUT2D eigenvalue weighted by atomic mass is 9.68. The topological polar surface area (TPSA) is 130 Å². The first-order valence-electron chi connectivity index (χ1n) is 12.8. The summed E-state index contributed by atoms with van der Waals surface area (Å²) in [6.07, 6.45) is 0.706. The van der Waals surface area contributed by atoms with E-state index in [0.717, 1.165) is 22.3 Å². The highest BCUT2D eigenvalue weighted by molar-refractivity contribution is 7.92. The Labute approximate surface area is 229 Å². The summed E-state index contributed by atoms with van der Waals surface area (Å²) in [4.78, 5) is 38.3. The van der Waals surface area contributed by atoms with Crippen molar-refractivity contribution in [1.29, 1.82) is 5.26 Å². The highest BCUT2D eigenvalue weighted by Gasteiger charge is 2.43. The molecule has 0 radical (unpaired) electrons. The van der Waals surface area contributed by atoms with Crippen molar-refractivity contribution in [2.45, 2.75) is 58.5 Å². The molecular weight excluding hydrogens is 516 g/mol. The number of nitriles is 1. The Bertz CT molecular complexity index is 1570.